The maximum Gasteiger partial charge on any atom is 0.472 e. The van der Waals surface area contributed by atoms with Gasteiger partial charge in [0.15, 0.2) is 0 Å². The van der Waals surface area contributed by atoms with Crippen molar-refractivity contribution in [3.63, 3.8) is 0 Å². The Bertz CT molecular complexity index is 2040. The van der Waals surface area contributed by atoms with Gasteiger partial charge in [-0.15, -0.1) is 0 Å². The molecule has 2 unspecified atom stereocenters. The molecule has 112 heavy (non-hydrogen) atoms. The fourth-order valence-electron chi connectivity index (χ4n) is 9.85. The molecule has 0 aromatic carbocycles. The van der Waals surface area contributed by atoms with Gasteiger partial charge >= 0.3 is 19.8 Å². The molecule has 0 rings (SSSR count). The third-order valence-electron chi connectivity index (χ3n) is 15.9. The third-order valence-corrected chi connectivity index (χ3v) is 16.9. The Kier molecular flexibility index (Phi) is 90.9. The standard InChI is InChI=1S/C76H149N4O31P/c1-3-5-7-9-11-13-15-17-19-21-75(82)111-73(70-72(76(83)84)20-18-16-14-12-10-8-6-4-2)71-110-112(85,86)109-27-23-78-74(81)22-25-87-28-30-89-32-34-91-36-38-93-40-42-95-44-46-97-48-50-99-52-54-101-56-58-103-60-62-105-64-66-107-68-69-108-67-65-106-63-61-104-59-57-102-55-53-100-51-49-98-47-45-96-43-41-94-39-37-92-35-33-90-31-29-88-26-24-79-80-77/h72-73H,3-71H2,1-2H3,(H,78,81)(H,83,84)(H,85,86)/t72?,73-/m1/s1. The first-order valence-corrected chi connectivity index (χ1v) is 42.7. The molecular formula is C76H149N4O31P. The van der Waals surface area contributed by atoms with Crippen LogP contribution in [0.4, 0.5) is 0 Å². The van der Waals surface area contributed by atoms with Crippen LogP contribution in [0, 0.1) is 5.92 Å². The maximum absolute atomic E-state index is 12.9. The summed E-state index contributed by atoms with van der Waals surface area (Å²) in [4.78, 5) is 50.6. The van der Waals surface area contributed by atoms with E-state index in [1.54, 1.807) is 0 Å². The largest absolute Gasteiger partial charge is 0.481 e. The molecule has 0 aromatic rings. The number of rotatable bonds is 99. The van der Waals surface area contributed by atoms with Crippen molar-refractivity contribution >= 4 is 25.7 Å². The van der Waals surface area contributed by atoms with Gasteiger partial charge in [0.2, 0.25) is 5.91 Å². The zero-order chi connectivity index (χ0) is 81.0. The Morgan fingerprint density at radius 1 is 0.348 bits per heavy atom. The molecule has 0 aromatic heterocycles. The molecule has 35 nitrogen and oxygen atoms in total. The average Bonchev–Trinajstić information content (AvgIpc) is 0.891. The second kappa shape index (κ2) is 93.4. The van der Waals surface area contributed by atoms with Crippen LogP contribution < -0.4 is 5.32 Å². The molecule has 0 saturated heterocycles. The SMILES string of the molecule is CCCCCCCCCCCC(=O)O[C@@H](COP(=O)(O)OCCNC(=O)CCOCCOCCOCCOCCOCCOCCOCCOCCOCCOCCOCCOCCOCCOCCOCCOCCOCCOCCOCCOCCOCCOCCN=[N+]=[N-])CC(CCCCCCCCCC)C(=O)O. The number of esters is 1. The number of hydrogen-bond donors (Lipinski definition) is 3. The molecule has 36 heteroatoms. The number of nitrogens with one attached hydrogen (secondary N) is 1. The Labute approximate surface area is 668 Å². The van der Waals surface area contributed by atoms with E-state index < -0.39 is 38.4 Å². The van der Waals surface area contributed by atoms with Crippen LogP contribution in [0.25, 0.3) is 10.4 Å². The topological polar surface area (TPSA) is 400 Å². The summed E-state index contributed by atoms with van der Waals surface area (Å²) < 4.78 is 150. The third kappa shape index (κ3) is 90.9. The number of amides is 1. The molecule has 3 atom stereocenters. The predicted octanol–water partition coefficient (Wildman–Crippen LogP) is 8.76. The first-order chi connectivity index (χ1) is 55.1. The van der Waals surface area contributed by atoms with Crippen molar-refractivity contribution in [1.82, 2.24) is 5.32 Å². The fourth-order valence-corrected chi connectivity index (χ4v) is 10.6. The van der Waals surface area contributed by atoms with E-state index in [2.05, 4.69) is 29.2 Å². The van der Waals surface area contributed by atoms with E-state index in [-0.39, 0.29) is 51.5 Å². The number of carbonyl (C=O) groups is 3. The average molecular weight is 1650 g/mol. The number of unbranched alkanes of at least 4 members (excludes halogenated alkanes) is 15. The summed E-state index contributed by atoms with van der Waals surface area (Å²) in [5.74, 6) is -2.69. The number of azide groups is 1. The fraction of sp³-hybridized carbons (Fsp3) is 0.961. The molecular weight excluding hydrogens is 1500 g/mol. The molecule has 0 bridgehead atoms. The van der Waals surface area contributed by atoms with Gasteiger partial charge < -0.3 is 124 Å². The van der Waals surface area contributed by atoms with E-state index >= 15 is 0 Å². The molecule has 664 valence electrons. The highest BCUT2D eigenvalue weighted by molar-refractivity contribution is 7.47. The van der Waals surface area contributed by atoms with Crippen molar-refractivity contribution in [2.75, 3.05) is 317 Å². The predicted molar refractivity (Wildman–Crippen MR) is 416 cm³/mol. The van der Waals surface area contributed by atoms with Crippen molar-refractivity contribution in [1.29, 1.82) is 0 Å². The lowest BCUT2D eigenvalue weighted by Crippen LogP contribution is -2.29. The first-order valence-electron chi connectivity index (χ1n) is 41.2. The summed E-state index contributed by atoms with van der Waals surface area (Å²) in [7, 11) is -4.65. The van der Waals surface area contributed by atoms with Crippen LogP contribution in [0.15, 0.2) is 5.11 Å². The number of nitrogens with zero attached hydrogens (tertiary/aromatic N) is 3. The van der Waals surface area contributed by atoms with Gasteiger partial charge in [0.05, 0.1) is 310 Å². The van der Waals surface area contributed by atoms with E-state index in [9.17, 15) is 28.9 Å². The minimum absolute atomic E-state index is 0.0487. The summed E-state index contributed by atoms with van der Waals surface area (Å²) in [5, 5.41) is 16.0. The smallest absolute Gasteiger partial charge is 0.472 e. The zero-order valence-corrected chi connectivity index (χ0v) is 69.4. The van der Waals surface area contributed by atoms with Gasteiger partial charge in [-0.2, -0.15) is 0 Å². The van der Waals surface area contributed by atoms with Crippen LogP contribution in [-0.4, -0.2) is 351 Å². The normalized spacial score (nSPS) is 12.7. The number of carboxylic acid groups (broad SMARTS) is 1. The molecule has 0 fully saturated rings. The lowest BCUT2D eigenvalue weighted by atomic mass is 9.94. The van der Waals surface area contributed by atoms with Crippen molar-refractivity contribution in [3.8, 4) is 0 Å². The summed E-state index contributed by atoms with van der Waals surface area (Å²) in [6.07, 6.45) is 17.7. The van der Waals surface area contributed by atoms with E-state index in [0.717, 1.165) is 38.5 Å². The summed E-state index contributed by atoms with van der Waals surface area (Å²) in [6, 6.07) is 0. The summed E-state index contributed by atoms with van der Waals surface area (Å²) >= 11 is 0. The summed E-state index contributed by atoms with van der Waals surface area (Å²) in [6.45, 7) is 23.1. The van der Waals surface area contributed by atoms with Gasteiger partial charge in [-0.3, -0.25) is 23.4 Å². The highest BCUT2D eigenvalue weighted by atomic mass is 31.2. The van der Waals surface area contributed by atoms with Crippen molar-refractivity contribution in [3.05, 3.63) is 10.4 Å². The Morgan fingerprint density at radius 2 is 0.607 bits per heavy atom. The Hall–Kier alpha value is -3.05. The minimum Gasteiger partial charge on any atom is -0.481 e. The van der Waals surface area contributed by atoms with Crippen LogP contribution in [0.5, 0.6) is 0 Å². The van der Waals surface area contributed by atoms with Crippen LogP contribution in [-0.2, 0) is 137 Å². The van der Waals surface area contributed by atoms with Crippen LogP contribution in [0.1, 0.15) is 149 Å². The van der Waals surface area contributed by atoms with Crippen LogP contribution in [0.3, 0.4) is 0 Å². The van der Waals surface area contributed by atoms with Crippen molar-refractivity contribution in [2.24, 2.45) is 11.0 Å². The van der Waals surface area contributed by atoms with E-state index in [4.69, 9.17) is 124 Å². The maximum atomic E-state index is 12.9. The molecule has 1 amide bonds. The van der Waals surface area contributed by atoms with E-state index in [1.165, 1.54) is 57.8 Å². The molecule has 0 heterocycles. The minimum atomic E-state index is -4.65. The second-order valence-corrected chi connectivity index (χ2v) is 26.8. The van der Waals surface area contributed by atoms with E-state index in [1.807, 2.05) is 0 Å². The first kappa shape index (κ1) is 109. The van der Waals surface area contributed by atoms with E-state index in [0.29, 0.717) is 303 Å². The van der Waals surface area contributed by atoms with Crippen LogP contribution >= 0.6 is 7.82 Å². The highest BCUT2D eigenvalue weighted by Crippen LogP contribution is 2.43. The molecule has 0 saturated carbocycles. The van der Waals surface area contributed by atoms with Gasteiger partial charge in [0.25, 0.3) is 0 Å². The monoisotopic (exact) mass is 1640 g/mol. The quantitative estimate of drug-likeness (QED) is 0.0128. The molecule has 3 N–H and O–H groups in total. The Balaban J connectivity index is 3.53. The molecule has 0 aliphatic rings. The lowest BCUT2D eigenvalue weighted by Gasteiger charge is -2.23. The number of aliphatic carboxylic acids is 1. The molecule has 0 radical (unpaired) electrons. The number of ether oxygens (including phenoxy) is 23. The number of carboxylic acids is 1. The van der Waals surface area contributed by atoms with Gasteiger partial charge in [0, 0.05) is 30.8 Å². The van der Waals surface area contributed by atoms with Crippen molar-refractivity contribution in [2.45, 2.75) is 155 Å². The molecule has 0 aliphatic heterocycles. The Morgan fingerprint density at radius 3 is 0.884 bits per heavy atom. The molecule has 0 aliphatic carbocycles. The van der Waals surface area contributed by atoms with Gasteiger partial charge in [-0.1, -0.05) is 122 Å². The van der Waals surface area contributed by atoms with Gasteiger partial charge in [-0.25, -0.2) is 4.57 Å². The zero-order valence-electron chi connectivity index (χ0n) is 68.5. The summed E-state index contributed by atoms with van der Waals surface area (Å²) in [5.41, 5.74) is 8.18. The van der Waals surface area contributed by atoms with Crippen molar-refractivity contribution < 1.29 is 147 Å². The lowest BCUT2D eigenvalue weighted by molar-refractivity contribution is -0.155. The number of carbonyl (C=O) groups excluding carboxylic acids is 2. The number of hydrogen-bond acceptors (Lipinski definition) is 30. The number of phosphoric ester groups is 1. The van der Waals surface area contributed by atoms with Gasteiger partial charge in [0.1, 0.15) is 6.10 Å². The highest BCUT2D eigenvalue weighted by Gasteiger charge is 2.29. The molecule has 0 spiro atoms. The van der Waals surface area contributed by atoms with Crippen LogP contribution in [0.2, 0.25) is 0 Å². The van der Waals surface area contributed by atoms with Gasteiger partial charge in [-0.05, 0) is 24.8 Å². The second-order valence-electron chi connectivity index (χ2n) is 25.3. The number of phosphoric acid groups is 1.